The minimum atomic E-state index is 0.764. The van der Waals surface area contributed by atoms with Gasteiger partial charge in [-0.2, -0.15) is 0 Å². The quantitative estimate of drug-likeness (QED) is 0.613. The highest BCUT2D eigenvalue weighted by Gasteiger charge is 2.00. The zero-order chi connectivity index (χ0) is 14.4. The smallest absolute Gasteiger partial charge is 0.120 e. The molecule has 0 heterocycles. The van der Waals surface area contributed by atoms with Crippen LogP contribution >= 0.6 is 0 Å². The maximum atomic E-state index is 5.18. The molecule has 0 aromatic heterocycles. The molecule has 2 aromatic carbocycles. The Morgan fingerprint density at radius 1 is 0.900 bits per heavy atom. The Kier molecular flexibility index (Phi) is 4.55. The molecular weight excluding hydrogens is 254 g/mol. The summed E-state index contributed by atoms with van der Waals surface area (Å²) in [6.07, 6.45) is 0. The second kappa shape index (κ2) is 6.56. The summed E-state index contributed by atoms with van der Waals surface area (Å²) in [4.78, 5) is 0. The first-order chi connectivity index (χ1) is 9.72. The lowest BCUT2D eigenvalue weighted by Crippen LogP contribution is -2.06. The van der Waals surface area contributed by atoms with E-state index in [-0.39, 0.29) is 0 Å². The normalized spacial score (nSPS) is 10.6. The van der Waals surface area contributed by atoms with E-state index in [1.54, 1.807) is 19.2 Å². The number of anilines is 1. The van der Waals surface area contributed by atoms with Crippen LogP contribution in [0.15, 0.2) is 58.9 Å². The van der Waals surface area contributed by atoms with Crippen LogP contribution in [0.3, 0.4) is 0 Å². The molecule has 0 saturated carbocycles. The van der Waals surface area contributed by atoms with Crippen molar-refractivity contribution in [3.05, 3.63) is 48.5 Å². The van der Waals surface area contributed by atoms with Crippen molar-refractivity contribution < 1.29 is 9.47 Å². The number of benzene rings is 2. The molecule has 0 atom stereocenters. The lowest BCUT2D eigenvalue weighted by molar-refractivity contribution is 0.414. The molecule has 2 aromatic rings. The van der Waals surface area contributed by atoms with Crippen LogP contribution in [0, 0.1) is 0 Å². The Morgan fingerprint density at radius 3 is 2.25 bits per heavy atom. The molecule has 20 heavy (non-hydrogen) atoms. The number of nitrogens with zero attached hydrogens (tertiary/aromatic N) is 3. The Balaban J connectivity index is 2.08. The fourth-order valence-corrected chi connectivity index (χ4v) is 1.63. The van der Waals surface area contributed by atoms with E-state index in [0.29, 0.717) is 0 Å². The molecule has 2 rings (SSSR count). The SMILES string of the molecule is COc1ccc(N=NN(C)c2cccc(OC)c2)cc1. The molecule has 104 valence electrons. The van der Waals surface area contributed by atoms with Crippen LogP contribution in [0.4, 0.5) is 11.4 Å². The van der Waals surface area contributed by atoms with Crippen molar-refractivity contribution in [1.29, 1.82) is 0 Å². The summed E-state index contributed by atoms with van der Waals surface area (Å²) < 4.78 is 10.3. The minimum absolute atomic E-state index is 0.764. The van der Waals surface area contributed by atoms with Crippen LogP contribution in [0.5, 0.6) is 11.5 Å². The molecule has 0 bridgehead atoms. The fraction of sp³-hybridized carbons (Fsp3) is 0.200. The van der Waals surface area contributed by atoms with E-state index in [0.717, 1.165) is 22.9 Å². The maximum absolute atomic E-state index is 5.18. The summed E-state index contributed by atoms with van der Waals surface area (Å²) in [5.74, 6) is 1.58. The predicted molar refractivity (Wildman–Crippen MR) is 78.9 cm³/mol. The van der Waals surface area contributed by atoms with Gasteiger partial charge in [0, 0.05) is 13.1 Å². The maximum Gasteiger partial charge on any atom is 0.120 e. The number of ether oxygens (including phenoxy) is 2. The summed E-state index contributed by atoms with van der Waals surface area (Å²) in [5, 5.41) is 10.0. The van der Waals surface area contributed by atoms with Crippen LogP contribution in [0.1, 0.15) is 0 Å². The third kappa shape index (κ3) is 3.47. The highest BCUT2D eigenvalue weighted by molar-refractivity contribution is 5.49. The molecule has 0 saturated heterocycles. The van der Waals surface area contributed by atoms with Crippen LogP contribution in [-0.2, 0) is 0 Å². The molecule has 0 aliphatic carbocycles. The highest BCUT2D eigenvalue weighted by atomic mass is 16.5. The lowest BCUT2D eigenvalue weighted by atomic mass is 10.3. The first kappa shape index (κ1) is 13.9. The van der Waals surface area contributed by atoms with Gasteiger partial charge in [0.05, 0.1) is 25.6 Å². The van der Waals surface area contributed by atoms with Crippen LogP contribution in [-0.4, -0.2) is 21.3 Å². The van der Waals surface area contributed by atoms with Gasteiger partial charge in [-0.1, -0.05) is 11.3 Å². The number of hydrogen-bond acceptors (Lipinski definition) is 4. The van der Waals surface area contributed by atoms with Gasteiger partial charge in [-0.25, -0.2) is 5.01 Å². The zero-order valence-corrected chi connectivity index (χ0v) is 11.8. The second-order valence-corrected chi connectivity index (χ2v) is 4.11. The van der Waals surface area contributed by atoms with Crippen molar-refractivity contribution in [3.63, 3.8) is 0 Å². The van der Waals surface area contributed by atoms with Gasteiger partial charge in [0.15, 0.2) is 0 Å². The van der Waals surface area contributed by atoms with Gasteiger partial charge in [0.25, 0.3) is 0 Å². The van der Waals surface area contributed by atoms with Gasteiger partial charge >= 0.3 is 0 Å². The summed E-state index contributed by atoms with van der Waals surface area (Å²) in [6, 6.07) is 15.0. The van der Waals surface area contributed by atoms with Crippen molar-refractivity contribution in [1.82, 2.24) is 0 Å². The van der Waals surface area contributed by atoms with E-state index in [1.165, 1.54) is 0 Å². The first-order valence-corrected chi connectivity index (χ1v) is 6.16. The molecule has 5 heteroatoms. The van der Waals surface area contributed by atoms with E-state index < -0.39 is 0 Å². The Morgan fingerprint density at radius 2 is 1.60 bits per heavy atom. The molecular formula is C15H17N3O2. The van der Waals surface area contributed by atoms with Crippen molar-refractivity contribution in [3.8, 4) is 11.5 Å². The van der Waals surface area contributed by atoms with Gasteiger partial charge in [-0.15, -0.1) is 5.11 Å². The standard InChI is InChI=1S/C15H17N3O2/c1-18(13-5-4-6-15(11-13)20-3)17-16-12-7-9-14(19-2)10-8-12/h4-11H,1-3H3. The van der Waals surface area contributed by atoms with E-state index in [1.807, 2.05) is 55.6 Å². The Labute approximate surface area is 118 Å². The molecule has 0 unspecified atom stereocenters. The second-order valence-electron chi connectivity index (χ2n) is 4.11. The molecule has 0 fully saturated rings. The molecule has 0 amide bonds. The van der Waals surface area contributed by atoms with Gasteiger partial charge in [0.1, 0.15) is 11.5 Å². The zero-order valence-electron chi connectivity index (χ0n) is 11.8. The Hall–Kier alpha value is -2.56. The third-order valence-corrected chi connectivity index (χ3v) is 2.79. The summed E-state index contributed by atoms with van der Waals surface area (Å²) in [7, 11) is 5.10. The lowest BCUT2D eigenvalue weighted by Gasteiger charge is -2.12. The highest BCUT2D eigenvalue weighted by Crippen LogP contribution is 2.22. The van der Waals surface area contributed by atoms with Gasteiger partial charge in [-0.3, -0.25) is 0 Å². The van der Waals surface area contributed by atoms with Crippen molar-refractivity contribution in [2.45, 2.75) is 0 Å². The molecule has 0 radical (unpaired) electrons. The number of hydrogen-bond donors (Lipinski definition) is 0. The average molecular weight is 271 g/mol. The van der Waals surface area contributed by atoms with Crippen molar-refractivity contribution in [2.75, 3.05) is 26.3 Å². The Bertz CT molecular complexity index is 582. The van der Waals surface area contributed by atoms with Crippen LogP contribution in [0.25, 0.3) is 0 Å². The van der Waals surface area contributed by atoms with E-state index in [4.69, 9.17) is 9.47 Å². The van der Waals surface area contributed by atoms with Crippen molar-refractivity contribution in [2.24, 2.45) is 10.3 Å². The number of methoxy groups -OCH3 is 2. The molecule has 5 nitrogen and oxygen atoms in total. The summed E-state index contributed by atoms with van der Waals surface area (Å²) in [5.41, 5.74) is 1.67. The van der Waals surface area contributed by atoms with Crippen molar-refractivity contribution >= 4 is 11.4 Å². The van der Waals surface area contributed by atoms with Crippen LogP contribution < -0.4 is 14.5 Å². The summed E-state index contributed by atoms with van der Waals surface area (Å²) in [6.45, 7) is 0. The molecule has 0 N–H and O–H groups in total. The molecule has 0 aliphatic rings. The minimum Gasteiger partial charge on any atom is -0.497 e. The fourth-order valence-electron chi connectivity index (χ4n) is 1.63. The molecule has 0 spiro atoms. The van der Waals surface area contributed by atoms with Gasteiger partial charge in [-0.05, 0) is 36.4 Å². The predicted octanol–water partition coefficient (Wildman–Crippen LogP) is 3.84. The summed E-state index contributed by atoms with van der Waals surface area (Å²) >= 11 is 0. The largest absolute Gasteiger partial charge is 0.497 e. The average Bonchev–Trinajstić information content (AvgIpc) is 2.53. The topological polar surface area (TPSA) is 46.4 Å². The molecule has 0 aliphatic heterocycles. The number of rotatable bonds is 5. The first-order valence-electron chi connectivity index (χ1n) is 6.16. The van der Waals surface area contributed by atoms with Gasteiger partial charge in [0.2, 0.25) is 0 Å². The van der Waals surface area contributed by atoms with Gasteiger partial charge < -0.3 is 9.47 Å². The third-order valence-electron chi connectivity index (χ3n) is 2.79. The van der Waals surface area contributed by atoms with Crippen LogP contribution in [0.2, 0.25) is 0 Å². The van der Waals surface area contributed by atoms with E-state index in [9.17, 15) is 0 Å². The van der Waals surface area contributed by atoms with E-state index >= 15 is 0 Å². The van der Waals surface area contributed by atoms with E-state index in [2.05, 4.69) is 10.3 Å². The monoisotopic (exact) mass is 271 g/mol.